The molecule has 0 saturated carbocycles. The number of carbonyl (C=O) groups excluding carboxylic acids is 3. The van der Waals surface area contributed by atoms with E-state index in [1.807, 2.05) is 30.3 Å². The van der Waals surface area contributed by atoms with E-state index in [4.69, 9.17) is 5.73 Å². The summed E-state index contributed by atoms with van der Waals surface area (Å²) in [6.07, 6.45) is 3.06. The Morgan fingerprint density at radius 2 is 1.43 bits per heavy atom. The van der Waals surface area contributed by atoms with Crippen LogP contribution in [0.5, 0.6) is 0 Å². The van der Waals surface area contributed by atoms with Gasteiger partial charge in [0.1, 0.15) is 0 Å². The van der Waals surface area contributed by atoms with Crippen LogP contribution in [0.1, 0.15) is 37.4 Å². The van der Waals surface area contributed by atoms with E-state index in [1.165, 1.54) is 6.08 Å². The van der Waals surface area contributed by atoms with Crippen molar-refractivity contribution in [2.75, 3.05) is 11.1 Å². The lowest BCUT2D eigenvalue weighted by atomic mass is 9.82. The van der Waals surface area contributed by atoms with Gasteiger partial charge >= 0.3 is 0 Å². The molecule has 136 valence electrons. The van der Waals surface area contributed by atoms with Crippen molar-refractivity contribution < 1.29 is 14.4 Å². The zero-order valence-electron chi connectivity index (χ0n) is 14.8. The van der Waals surface area contributed by atoms with Crippen LogP contribution in [0.25, 0.3) is 6.08 Å². The molecule has 5 heteroatoms. The molecule has 3 N–H and O–H groups in total. The summed E-state index contributed by atoms with van der Waals surface area (Å²) in [7, 11) is 0. The lowest BCUT2D eigenvalue weighted by Gasteiger charge is -2.21. The number of benzene rings is 3. The van der Waals surface area contributed by atoms with Crippen molar-refractivity contribution in [2.45, 2.75) is 0 Å². The van der Waals surface area contributed by atoms with Gasteiger partial charge in [0.2, 0.25) is 5.91 Å². The molecule has 5 nitrogen and oxygen atoms in total. The number of nitrogen functional groups attached to an aromatic ring is 1. The second kappa shape index (κ2) is 6.96. The fourth-order valence-electron chi connectivity index (χ4n) is 3.28. The predicted molar refractivity (Wildman–Crippen MR) is 108 cm³/mol. The first-order chi connectivity index (χ1) is 13.6. The van der Waals surface area contributed by atoms with Gasteiger partial charge < -0.3 is 11.1 Å². The maximum atomic E-state index is 13.0. The molecule has 0 fully saturated rings. The molecule has 1 aliphatic rings. The third-order valence-electron chi connectivity index (χ3n) is 4.59. The molecule has 1 amide bonds. The Bertz CT molecular complexity index is 1150. The standard InChI is InChI=1S/C23H16N2O3/c24-17-10-4-8-15-20(17)22(27)16-9-5-11-18(21(16)23(15)28)25-19(26)13-12-14-6-2-1-3-7-14/h1-13H,24H2,(H,25,26). The van der Waals surface area contributed by atoms with E-state index >= 15 is 0 Å². The zero-order valence-corrected chi connectivity index (χ0v) is 14.8. The van der Waals surface area contributed by atoms with E-state index in [0.717, 1.165) is 5.56 Å². The fourth-order valence-corrected chi connectivity index (χ4v) is 3.28. The summed E-state index contributed by atoms with van der Waals surface area (Å²) in [5, 5.41) is 2.71. The maximum absolute atomic E-state index is 13.0. The van der Waals surface area contributed by atoms with Crippen molar-refractivity contribution in [1.29, 1.82) is 0 Å². The number of nitrogens with one attached hydrogen (secondary N) is 1. The van der Waals surface area contributed by atoms with Crippen LogP contribution in [-0.4, -0.2) is 17.5 Å². The largest absolute Gasteiger partial charge is 0.398 e. The van der Waals surface area contributed by atoms with Gasteiger partial charge in [-0.2, -0.15) is 0 Å². The normalized spacial score (nSPS) is 12.6. The molecule has 0 atom stereocenters. The van der Waals surface area contributed by atoms with Crippen LogP contribution in [-0.2, 0) is 4.79 Å². The highest BCUT2D eigenvalue weighted by atomic mass is 16.2. The number of anilines is 2. The topological polar surface area (TPSA) is 89.3 Å². The summed E-state index contributed by atoms with van der Waals surface area (Å²) in [5.74, 6) is -1.05. The molecule has 4 rings (SSSR count). The number of nitrogens with two attached hydrogens (primary N) is 1. The van der Waals surface area contributed by atoms with Crippen molar-refractivity contribution in [1.82, 2.24) is 0 Å². The van der Waals surface area contributed by atoms with E-state index in [9.17, 15) is 14.4 Å². The molecular weight excluding hydrogens is 352 g/mol. The molecule has 0 aromatic heterocycles. The minimum atomic E-state index is -0.393. The van der Waals surface area contributed by atoms with Crippen LogP contribution in [0.15, 0.2) is 72.8 Å². The first-order valence-electron chi connectivity index (χ1n) is 8.71. The summed E-state index contributed by atoms with van der Waals surface area (Å²) in [4.78, 5) is 38.2. The van der Waals surface area contributed by atoms with Gasteiger partial charge in [-0.3, -0.25) is 14.4 Å². The second-order valence-corrected chi connectivity index (χ2v) is 6.39. The summed E-state index contributed by atoms with van der Waals surface area (Å²) in [6, 6.07) is 19.0. The Morgan fingerprint density at radius 1 is 0.786 bits per heavy atom. The lowest BCUT2D eigenvalue weighted by Crippen LogP contribution is -2.24. The van der Waals surface area contributed by atoms with Crippen molar-refractivity contribution >= 4 is 34.9 Å². The minimum absolute atomic E-state index is 0.187. The molecule has 0 unspecified atom stereocenters. The Labute approximate surface area is 161 Å². The van der Waals surface area contributed by atoms with E-state index in [-0.39, 0.29) is 39.5 Å². The van der Waals surface area contributed by atoms with Gasteiger partial charge in [-0.15, -0.1) is 0 Å². The average molecular weight is 368 g/mol. The van der Waals surface area contributed by atoms with Crippen LogP contribution < -0.4 is 11.1 Å². The molecule has 0 spiro atoms. The summed E-state index contributed by atoms with van der Waals surface area (Å²) >= 11 is 0. The average Bonchev–Trinajstić information content (AvgIpc) is 2.71. The lowest BCUT2D eigenvalue weighted by molar-refractivity contribution is -0.111. The molecule has 3 aromatic rings. The Morgan fingerprint density at radius 3 is 2.18 bits per heavy atom. The van der Waals surface area contributed by atoms with Crippen molar-refractivity contribution in [3.8, 4) is 0 Å². The number of ketones is 2. The smallest absolute Gasteiger partial charge is 0.248 e. The van der Waals surface area contributed by atoms with Gasteiger partial charge in [0, 0.05) is 22.9 Å². The summed E-state index contributed by atoms with van der Waals surface area (Å²) < 4.78 is 0. The highest BCUT2D eigenvalue weighted by Crippen LogP contribution is 2.34. The van der Waals surface area contributed by atoms with Crippen LogP contribution in [0.4, 0.5) is 11.4 Å². The molecule has 28 heavy (non-hydrogen) atoms. The number of fused-ring (bicyclic) bond motifs is 2. The van der Waals surface area contributed by atoms with Gasteiger partial charge in [0.15, 0.2) is 11.6 Å². The molecule has 0 aliphatic heterocycles. The van der Waals surface area contributed by atoms with Gasteiger partial charge in [-0.25, -0.2) is 0 Å². The molecule has 1 aliphatic carbocycles. The fraction of sp³-hybridized carbons (Fsp3) is 0. The third kappa shape index (κ3) is 2.99. The van der Waals surface area contributed by atoms with Crippen molar-refractivity contribution in [3.05, 3.63) is 101 Å². The third-order valence-corrected chi connectivity index (χ3v) is 4.59. The van der Waals surface area contributed by atoms with E-state index < -0.39 is 5.91 Å². The molecular formula is C23H16N2O3. The van der Waals surface area contributed by atoms with Gasteiger partial charge in [-0.1, -0.05) is 54.6 Å². The second-order valence-electron chi connectivity index (χ2n) is 6.39. The maximum Gasteiger partial charge on any atom is 0.248 e. The SMILES string of the molecule is Nc1cccc2c1C(=O)c1cccc(NC(=O)C=Cc3ccccc3)c1C2=O. The Kier molecular flexibility index (Phi) is 4.33. The first-order valence-corrected chi connectivity index (χ1v) is 8.71. The molecule has 0 radical (unpaired) electrons. The van der Waals surface area contributed by atoms with Crippen LogP contribution in [0.3, 0.4) is 0 Å². The number of amides is 1. The van der Waals surface area contributed by atoms with Gasteiger partial charge in [0.25, 0.3) is 0 Å². The van der Waals surface area contributed by atoms with Gasteiger partial charge in [-0.05, 0) is 23.8 Å². The highest BCUT2D eigenvalue weighted by Gasteiger charge is 2.33. The van der Waals surface area contributed by atoms with E-state index in [0.29, 0.717) is 5.69 Å². The Balaban J connectivity index is 1.68. The summed E-state index contributed by atoms with van der Waals surface area (Å²) in [6.45, 7) is 0. The zero-order chi connectivity index (χ0) is 19.7. The van der Waals surface area contributed by atoms with Gasteiger partial charge in [0.05, 0.1) is 16.8 Å². The van der Waals surface area contributed by atoms with E-state index in [1.54, 1.807) is 42.5 Å². The number of carbonyl (C=O) groups is 3. The summed E-state index contributed by atoms with van der Waals surface area (Å²) in [5.41, 5.74) is 8.24. The molecule has 0 bridgehead atoms. The number of hydrogen-bond donors (Lipinski definition) is 2. The molecule has 0 saturated heterocycles. The first kappa shape index (κ1) is 17.4. The predicted octanol–water partition coefficient (Wildman–Crippen LogP) is 3.70. The van der Waals surface area contributed by atoms with Crippen LogP contribution in [0, 0.1) is 0 Å². The van der Waals surface area contributed by atoms with Crippen LogP contribution in [0.2, 0.25) is 0 Å². The Hall–Kier alpha value is -3.99. The molecule has 0 heterocycles. The van der Waals surface area contributed by atoms with Crippen molar-refractivity contribution in [3.63, 3.8) is 0 Å². The number of hydrogen-bond acceptors (Lipinski definition) is 4. The number of rotatable bonds is 3. The van der Waals surface area contributed by atoms with Crippen molar-refractivity contribution in [2.24, 2.45) is 0 Å². The van der Waals surface area contributed by atoms with E-state index in [2.05, 4.69) is 5.32 Å². The quantitative estimate of drug-likeness (QED) is 0.426. The molecule has 3 aromatic carbocycles. The monoisotopic (exact) mass is 368 g/mol. The van der Waals surface area contributed by atoms with Crippen LogP contribution >= 0.6 is 0 Å². The highest BCUT2D eigenvalue weighted by molar-refractivity contribution is 6.32. The minimum Gasteiger partial charge on any atom is -0.398 e.